The van der Waals surface area contributed by atoms with Gasteiger partial charge >= 0.3 is 0 Å². The van der Waals surface area contributed by atoms with Gasteiger partial charge in [0.2, 0.25) is 0 Å². The Balaban J connectivity index is 1.65. The first-order valence-electron chi connectivity index (χ1n) is 8.70. The lowest BCUT2D eigenvalue weighted by molar-refractivity contribution is -0.0564. The molecule has 0 aliphatic carbocycles. The Morgan fingerprint density at radius 1 is 1.08 bits per heavy atom. The highest BCUT2D eigenvalue weighted by molar-refractivity contribution is 5.85. The minimum absolute atomic E-state index is 0.0414. The minimum Gasteiger partial charge on any atom is -0.492 e. The molecule has 0 atom stereocenters. The van der Waals surface area contributed by atoms with Crippen LogP contribution in [0.3, 0.4) is 0 Å². The van der Waals surface area contributed by atoms with E-state index in [0.717, 1.165) is 11.1 Å². The maximum Gasteiger partial charge on any atom is 0.250 e. The van der Waals surface area contributed by atoms with Crippen LogP contribution in [-0.2, 0) is 0 Å². The third-order valence-electron chi connectivity index (χ3n) is 4.75. The molecular weight excluding hydrogens is 308 g/mol. The number of piperidine rings is 1. The third kappa shape index (κ3) is 4.04. The number of alkyl halides is 2. The van der Waals surface area contributed by atoms with Crippen LogP contribution in [0.4, 0.5) is 8.78 Å². The van der Waals surface area contributed by atoms with Crippen LogP contribution in [0.2, 0.25) is 0 Å². The molecule has 1 aliphatic heterocycles. The molecule has 4 heteroatoms. The van der Waals surface area contributed by atoms with Gasteiger partial charge in [-0.25, -0.2) is 8.78 Å². The molecule has 0 aromatic heterocycles. The molecule has 0 amide bonds. The summed E-state index contributed by atoms with van der Waals surface area (Å²) >= 11 is 0. The van der Waals surface area contributed by atoms with Crippen LogP contribution in [0.5, 0.6) is 5.75 Å². The van der Waals surface area contributed by atoms with Crippen molar-refractivity contribution in [2.75, 3.05) is 26.2 Å². The molecule has 130 valence electrons. The van der Waals surface area contributed by atoms with Crippen LogP contribution < -0.4 is 4.74 Å². The molecular formula is C20H25F2NO. The summed E-state index contributed by atoms with van der Waals surface area (Å²) in [6, 6.07) is 12.5. The second kappa shape index (κ2) is 7.06. The summed E-state index contributed by atoms with van der Waals surface area (Å²) < 4.78 is 32.4. The fourth-order valence-corrected chi connectivity index (χ4v) is 3.20. The molecule has 0 bridgehead atoms. The van der Waals surface area contributed by atoms with Gasteiger partial charge in [0.15, 0.2) is 0 Å². The summed E-state index contributed by atoms with van der Waals surface area (Å²) in [7, 11) is 0. The van der Waals surface area contributed by atoms with Crippen molar-refractivity contribution in [3.05, 3.63) is 42.0 Å². The zero-order valence-corrected chi connectivity index (χ0v) is 14.4. The van der Waals surface area contributed by atoms with E-state index in [2.05, 4.69) is 43.0 Å². The number of ether oxygens (including phenoxy) is 1. The van der Waals surface area contributed by atoms with Gasteiger partial charge in [0.1, 0.15) is 12.4 Å². The van der Waals surface area contributed by atoms with Crippen LogP contribution in [0.25, 0.3) is 10.8 Å². The van der Waals surface area contributed by atoms with Gasteiger partial charge in [-0.3, -0.25) is 4.90 Å². The SMILES string of the molecule is CC(C)c1cc2ccccc2cc1OCCN1CCC(F)(F)CC1. The van der Waals surface area contributed by atoms with Gasteiger partial charge < -0.3 is 4.74 Å². The molecule has 1 saturated heterocycles. The van der Waals surface area contributed by atoms with Crippen molar-refractivity contribution in [1.29, 1.82) is 0 Å². The largest absolute Gasteiger partial charge is 0.492 e. The van der Waals surface area contributed by atoms with E-state index in [1.54, 1.807) is 0 Å². The van der Waals surface area contributed by atoms with E-state index in [1.807, 2.05) is 12.1 Å². The Kier molecular flexibility index (Phi) is 5.04. The second-order valence-corrected chi connectivity index (χ2v) is 6.94. The van der Waals surface area contributed by atoms with Gasteiger partial charge in [-0.1, -0.05) is 38.1 Å². The average molecular weight is 333 g/mol. The van der Waals surface area contributed by atoms with Crippen molar-refractivity contribution in [3.8, 4) is 5.75 Å². The van der Waals surface area contributed by atoms with E-state index in [0.29, 0.717) is 32.2 Å². The van der Waals surface area contributed by atoms with Crippen molar-refractivity contribution in [2.24, 2.45) is 0 Å². The Morgan fingerprint density at radius 2 is 1.71 bits per heavy atom. The van der Waals surface area contributed by atoms with Crippen LogP contribution in [0.15, 0.2) is 36.4 Å². The molecule has 0 saturated carbocycles. The Morgan fingerprint density at radius 3 is 2.33 bits per heavy atom. The van der Waals surface area contributed by atoms with Gasteiger partial charge in [0, 0.05) is 32.5 Å². The molecule has 1 fully saturated rings. The summed E-state index contributed by atoms with van der Waals surface area (Å²) in [5, 5.41) is 2.38. The molecule has 0 radical (unpaired) electrons. The number of hydrogen-bond donors (Lipinski definition) is 0. The van der Waals surface area contributed by atoms with Crippen molar-refractivity contribution < 1.29 is 13.5 Å². The van der Waals surface area contributed by atoms with E-state index in [-0.39, 0.29) is 12.8 Å². The Bertz CT molecular complexity index is 689. The van der Waals surface area contributed by atoms with Gasteiger partial charge in [0.25, 0.3) is 5.92 Å². The number of fused-ring (bicyclic) bond motifs is 1. The average Bonchev–Trinajstić information content (AvgIpc) is 2.55. The smallest absolute Gasteiger partial charge is 0.250 e. The summed E-state index contributed by atoms with van der Waals surface area (Å²) in [5.74, 6) is -1.20. The Hall–Kier alpha value is -1.68. The zero-order chi connectivity index (χ0) is 17.2. The quantitative estimate of drug-likeness (QED) is 0.757. The molecule has 2 aromatic carbocycles. The lowest BCUT2D eigenvalue weighted by Gasteiger charge is -2.31. The highest BCUT2D eigenvalue weighted by atomic mass is 19.3. The lowest BCUT2D eigenvalue weighted by Crippen LogP contribution is -2.41. The molecule has 1 heterocycles. The molecule has 24 heavy (non-hydrogen) atoms. The van der Waals surface area contributed by atoms with Gasteiger partial charge in [-0.2, -0.15) is 0 Å². The number of likely N-dealkylation sites (tertiary alicyclic amines) is 1. The van der Waals surface area contributed by atoms with Gasteiger partial charge in [0.05, 0.1) is 0 Å². The van der Waals surface area contributed by atoms with Crippen LogP contribution >= 0.6 is 0 Å². The van der Waals surface area contributed by atoms with Crippen LogP contribution in [0.1, 0.15) is 38.2 Å². The number of halogens is 2. The van der Waals surface area contributed by atoms with E-state index in [4.69, 9.17) is 4.74 Å². The predicted octanol–water partition coefficient (Wildman–Crippen LogP) is 5.07. The van der Waals surface area contributed by atoms with E-state index in [1.165, 1.54) is 10.9 Å². The second-order valence-electron chi connectivity index (χ2n) is 6.94. The maximum absolute atomic E-state index is 13.2. The highest BCUT2D eigenvalue weighted by Crippen LogP contribution is 2.32. The topological polar surface area (TPSA) is 12.5 Å². The Labute approximate surface area is 142 Å². The molecule has 0 spiro atoms. The minimum atomic E-state index is -2.49. The third-order valence-corrected chi connectivity index (χ3v) is 4.75. The van der Waals surface area contributed by atoms with Gasteiger partial charge in [-0.15, -0.1) is 0 Å². The van der Waals surface area contributed by atoms with E-state index in [9.17, 15) is 8.78 Å². The molecule has 1 aliphatic rings. The van der Waals surface area contributed by atoms with E-state index >= 15 is 0 Å². The van der Waals surface area contributed by atoms with E-state index < -0.39 is 5.92 Å². The highest BCUT2D eigenvalue weighted by Gasteiger charge is 2.33. The first kappa shape index (κ1) is 17.2. The maximum atomic E-state index is 13.2. The molecule has 2 nitrogen and oxygen atoms in total. The predicted molar refractivity (Wildman–Crippen MR) is 94.2 cm³/mol. The van der Waals surface area contributed by atoms with Crippen molar-refractivity contribution in [3.63, 3.8) is 0 Å². The first-order valence-corrected chi connectivity index (χ1v) is 8.70. The van der Waals surface area contributed by atoms with Gasteiger partial charge in [-0.05, 0) is 34.4 Å². The number of rotatable bonds is 5. The lowest BCUT2D eigenvalue weighted by atomic mass is 9.98. The fourth-order valence-electron chi connectivity index (χ4n) is 3.20. The first-order chi connectivity index (χ1) is 11.4. The standard InChI is InChI=1S/C20H25F2NO/c1-15(2)18-13-16-5-3-4-6-17(16)14-19(18)24-12-11-23-9-7-20(21,22)8-10-23/h3-6,13-15H,7-12H2,1-2H3. The summed E-state index contributed by atoms with van der Waals surface area (Å²) in [6.07, 6.45) is -0.0829. The van der Waals surface area contributed by atoms with Crippen LogP contribution in [0, 0.1) is 0 Å². The summed E-state index contributed by atoms with van der Waals surface area (Å²) in [4.78, 5) is 2.06. The summed E-state index contributed by atoms with van der Waals surface area (Å²) in [5.41, 5.74) is 1.19. The van der Waals surface area contributed by atoms with Crippen molar-refractivity contribution in [2.45, 2.75) is 38.5 Å². The summed E-state index contributed by atoms with van der Waals surface area (Å²) in [6.45, 7) is 6.44. The van der Waals surface area contributed by atoms with Crippen molar-refractivity contribution >= 4 is 10.8 Å². The number of nitrogens with zero attached hydrogens (tertiary/aromatic N) is 1. The monoisotopic (exact) mass is 333 g/mol. The normalized spacial score (nSPS) is 18.2. The number of hydrogen-bond acceptors (Lipinski definition) is 2. The molecule has 3 rings (SSSR count). The molecule has 2 aromatic rings. The zero-order valence-electron chi connectivity index (χ0n) is 14.4. The molecule has 0 N–H and O–H groups in total. The fraction of sp³-hybridized carbons (Fsp3) is 0.500. The molecule has 0 unspecified atom stereocenters. The van der Waals surface area contributed by atoms with Crippen molar-refractivity contribution in [1.82, 2.24) is 4.90 Å². The van der Waals surface area contributed by atoms with Crippen LogP contribution in [-0.4, -0.2) is 37.1 Å². The number of benzene rings is 2.